The van der Waals surface area contributed by atoms with Gasteiger partial charge in [-0.2, -0.15) is 0 Å². The smallest absolute Gasteiger partial charge is 0.138 e. The molecule has 1 rings (SSSR count). The second-order valence-corrected chi connectivity index (χ2v) is 1.96. The van der Waals surface area contributed by atoms with Crippen LogP contribution in [0.25, 0.3) is 0 Å². The maximum Gasteiger partial charge on any atom is 0.138 e. The van der Waals surface area contributed by atoms with Crippen LogP contribution in [-0.4, -0.2) is 11.6 Å². The first-order valence-electron chi connectivity index (χ1n) is 1.75. The Kier molecular flexibility index (Phi) is 1.45. The van der Waals surface area contributed by atoms with Gasteiger partial charge in [0.2, 0.25) is 0 Å². The first kappa shape index (κ1) is 4.56. The molecule has 1 aliphatic rings. The molecule has 0 aromatic carbocycles. The number of alkyl halides is 1. The van der Waals surface area contributed by atoms with Gasteiger partial charge in [-0.3, -0.25) is 4.84 Å². The zero-order chi connectivity index (χ0) is 4.41. The van der Waals surface area contributed by atoms with Gasteiger partial charge in [0.1, 0.15) is 5.01 Å². The van der Waals surface area contributed by atoms with Crippen molar-refractivity contribution in [1.82, 2.24) is 5.48 Å². The number of halogens is 1. The number of hydroxylamine groups is 1. The van der Waals surface area contributed by atoms with Gasteiger partial charge in [-0.05, 0) is 0 Å². The van der Waals surface area contributed by atoms with Crippen molar-refractivity contribution in [2.24, 2.45) is 0 Å². The Morgan fingerprint density at radius 1 is 2.00 bits per heavy atom. The molecule has 1 fully saturated rings. The largest absolute Gasteiger partial charge is 0.287 e. The van der Waals surface area contributed by atoms with E-state index in [2.05, 4.69) is 21.4 Å². The van der Waals surface area contributed by atoms with Crippen LogP contribution < -0.4 is 5.48 Å². The van der Waals surface area contributed by atoms with Crippen LogP contribution in [-0.2, 0) is 4.84 Å². The molecule has 1 heterocycles. The van der Waals surface area contributed by atoms with Crippen LogP contribution in [0.5, 0.6) is 0 Å². The standard InChI is InChI=1S/C3H5BrNO/c4-3-1-2-5-6-3/h1,3,5H,2H2. The highest BCUT2D eigenvalue weighted by Crippen LogP contribution is 2.07. The van der Waals surface area contributed by atoms with Gasteiger partial charge in [0.25, 0.3) is 0 Å². The lowest BCUT2D eigenvalue weighted by atomic mass is 10.5. The Morgan fingerprint density at radius 2 is 2.83 bits per heavy atom. The van der Waals surface area contributed by atoms with E-state index in [9.17, 15) is 0 Å². The highest BCUT2D eigenvalue weighted by atomic mass is 79.9. The third kappa shape index (κ3) is 0.929. The van der Waals surface area contributed by atoms with Crippen LogP contribution in [0.1, 0.15) is 0 Å². The molecule has 6 heavy (non-hydrogen) atoms. The van der Waals surface area contributed by atoms with Crippen molar-refractivity contribution in [2.45, 2.75) is 5.01 Å². The summed E-state index contributed by atoms with van der Waals surface area (Å²) in [6.07, 6.45) is 1.99. The fourth-order valence-electron chi connectivity index (χ4n) is 0.317. The second-order valence-electron chi connectivity index (χ2n) is 1.05. The van der Waals surface area contributed by atoms with Crippen LogP contribution in [0.3, 0.4) is 0 Å². The molecule has 1 radical (unpaired) electrons. The van der Waals surface area contributed by atoms with Crippen molar-refractivity contribution >= 4 is 15.9 Å². The zero-order valence-corrected chi connectivity index (χ0v) is 4.73. The minimum atomic E-state index is 0.123. The van der Waals surface area contributed by atoms with Crippen molar-refractivity contribution in [1.29, 1.82) is 0 Å². The zero-order valence-electron chi connectivity index (χ0n) is 3.15. The predicted molar refractivity (Wildman–Crippen MR) is 26.1 cm³/mol. The van der Waals surface area contributed by atoms with Crippen LogP contribution in [0.4, 0.5) is 0 Å². The van der Waals surface area contributed by atoms with Crippen LogP contribution in [0, 0.1) is 6.42 Å². The number of hydrogen-bond donors (Lipinski definition) is 1. The molecule has 1 aliphatic heterocycles. The Labute approximate surface area is 44.9 Å². The Bertz CT molecular complexity index is 44.1. The minimum absolute atomic E-state index is 0.123. The summed E-state index contributed by atoms with van der Waals surface area (Å²) in [5.41, 5.74) is 2.67. The summed E-state index contributed by atoms with van der Waals surface area (Å²) in [4.78, 5) is 4.76. The third-order valence-corrected chi connectivity index (χ3v) is 1.14. The van der Waals surface area contributed by atoms with Crippen LogP contribution in [0.2, 0.25) is 0 Å². The monoisotopic (exact) mass is 150 g/mol. The van der Waals surface area contributed by atoms with Gasteiger partial charge < -0.3 is 0 Å². The molecule has 0 bridgehead atoms. The molecule has 0 spiro atoms. The van der Waals surface area contributed by atoms with E-state index in [0.29, 0.717) is 0 Å². The molecule has 1 saturated heterocycles. The van der Waals surface area contributed by atoms with Crippen molar-refractivity contribution in [2.75, 3.05) is 6.54 Å². The molecule has 0 aromatic heterocycles. The molecule has 0 saturated carbocycles. The van der Waals surface area contributed by atoms with Gasteiger partial charge in [-0.1, -0.05) is 15.9 Å². The topological polar surface area (TPSA) is 21.3 Å². The van der Waals surface area contributed by atoms with Gasteiger partial charge in [0.15, 0.2) is 0 Å². The average molecular weight is 151 g/mol. The Balaban J connectivity index is 2.18. The maximum absolute atomic E-state index is 4.76. The maximum atomic E-state index is 4.76. The van der Waals surface area contributed by atoms with E-state index < -0.39 is 0 Å². The average Bonchev–Trinajstić information content (AvgIpc) is 1.86. The lowest BCUT2D eigenvalue weighted by Gasteiger charge is -1.90. The van der Waals surface area contributed by atoms with E-state index in [1.54, 1.807) is 0 Å². The van der Waals surface area contributed by atoms with Crippen molar-refractivity contribution in [3.8, 4) is 0 Å². The molecular formula is C3H5BrNO. The summed E-state index contributed by atoms with van der Waals surface area (Å²) in [7, 11) is 0. The fraction of sp³-hybridized carbons (Fsp3) is 0.667. The van der Waals surface area contributed by atoms with Gasteiger partial charge in [-0.15, -0.1) is 0 Å². The van der Waals surface area contributed by atoms with Crippen molar-refractivity contribution < 1.29 is 4.84 Å². The van der Waals surface area contributed by atoms with E-state index in [0.717, 1.165) is 6.54 Å². The quantitative estimate of drug-likeness (QED) is 0.507. The summed E-state index contributed by atoms with van der Waals surface area (Å²) in [5.74, 6) is 0. The lowest BCUT2D eigenvalue weighted by molar-refractivity contribution is 0.0907. The second kappa shape index (κ2) is 1.91. The van der Waals surface area contributed by atoms with Gasteiger partial charge in [-0.25, -0.2) is 5.48 Å². The Morgan fingerprint density at radius 3 is 3.00 bits per heavy atom. The molecule has 3 heteroatoms. The van der Waals surface area contributed by atoms with E-state index in [1.165, 1.54) is 0 Å². The third-order valence-electron chi connectivity index (χ3n) is 0.582. The highest BCUT2D eigenvalue weighted by Gasteiger charge is 2.09. The number of nitrogens with one attached hydrogen (secondary N) is 1. The molecule has 0 amide bonds. The lowest BCUT2D eigenvalue weighted by Crippen LogP contribution is -2.03. The van der Waals surface area contributed by atoms with Gasteiger partial charge in [0.05, 0.1) is 0 Å². The van der Waals surface area contributed by atoms with E-state index in [-0.39, 0.29) is 5.01 Å². The number of rotatable bonds is 0. The summed E-state index contributed by atoms with van der Waals surface area (Å²) >= 11 is 3.20. The summed E-state index contributed by atoms with van der Waals surface area (Å²) in [6.45, 7) is 0.843. The summed E-state index contributed by atoms with van der Waals surface area (Å²) < 4.78 is 0. The Hall–Kier alpha value is 0.400. The highest BCUT2D eigenvalue weighted by molar-refractivity contribution is 9.09. The van der Waals surface area contributed by atoms with Crippen LogP contribution >= 0.6 is 15.9 Å². The molecule has 0 aliphatic carbocycles. The van der Waals surface area contributed by atoms with Crippen molar-refractivity contribution in [3.05, 3.63) is 6.42 Å². The van der Waals surface area contributed by atoms with Crippen LogP contribution in [0.15, 0.2) is 0 Å². The van der Waals surface area contributed by atoms with E-state index in [1.807, 2.05) is 6.42 Å². The first-order valence-corrected chi connectivity index (χ1v) is 2.67. The van der Waals surface area contributed by atoms with E-state index >= 15 is 0 Å². The fourth-order valence-corrected chi connectivity index (χ4v) is 0.636. The molecular weight excluding hydrogens is 146 g/mol. The predicted octanol–water partition coefficient (Wildman–Crippen LogP) is 0.446. The first-order chi connectivity index (χ1) is 2.89. The SMILES string of the molecule is BrC1[CH]CNO1. The molecule has 0 aromatic rings. The molecule has 1 atom stereocenters. The molecule has 35 valence electrons. The molecule has 2 nitrogen and oxygen atoms in total. The summed E-state index contributed by atoms with van der Waals surface area (Å²) in [5, 5.41) is 0.123. The normalized spacial score (nSPS) is 34.5. The summed E-state index contributed by atoms with van der Waals surface area (Å²) in [6, 6.07) is 0. The van der Waals surface area contributed by atoms with Crippen molar-refractivity contribution in [3.63, 3.8) is 0 Å². The minimum Gasteiger partial charge on any atom is -0.287 e. The number of hydrogen-bond acceptors (Lipinski definition) is 2. The molecule has 1 N–H and O–H groups in total. The van der Waals surface area contributed by atoms with Gasteiger partial charge >= 0.3 is 0 Å². The van der Waals surface area contributed by atoms with Gasteiger partial charge in [0, 0.05) is 13.0 Å². The van der Waals surface area contributed by atoms with E-state index in [4.69, 9.17) is 4.84 Å². The molecule has 1 unspecified atom stereocenters.